The summed E-state index contributed by atoms with van der Waals surface area (Å²) in [6.07, 6.45) is 0.0692. The average Bonchev–Trinajstić information content (AvgIpc) is 2.50. The molecule has 2 aromatic carbocycles. The van der Waals surface area contributed by atoms with Crippen molar-refractivity contribution in [2.75, 3.05) is 13.2 Å². The van der Waals surface area contributed by atoms with Gasteiger partial charge in [0.2, 0.25) is 0 Å². The molecule has 0 fully saturated rings. The molecule has 1 aliphatic heterocycles. The molecule has 3 rings (SSSR count). The SMILES string of the molecule is Fc1cccc(F)c1CC(Cl)c1ccc2c(c1)OCCO2. The first-order valence-electron chi connectivity index (χ1n) is 6.61. The van der Waals surface area contributed by atoms with E-state index in [0.717, 1.165) is 5.56 Å². The highest BCUT2D eigenvalue weighted by atomic mass is 35.5. The third kappa shape index (κ3) is 2.95. The van der Waals surface area contributed by atoms with Crippen molar-refractivity contribution >= 4 is 11.6 Å². The summed E-state index contributed by atoms with van der Waals surface area (Å²) in [6, 6.07) is 9.09. The summed E-state index contributed by atoms with van der Waals surface area (Å²) >= 11 is 6.30. The average molecular weight is 311 g/mol. The van der Waals surface area contributed by atoms with Gasteiger partial charge in [0.25, 0.3) is 0 Å². The minimum absolute atomic E-state index is 0.00705. The molecule has 110 valence electrons. The number of hydrogen-bond acceptors (Lipinski definition) is 2. The second kappa shape index (κ2) is 5.90. The van der Waals surface area contributed by atoms with Crippen LogP contribution in [0.25, 0.3) is 0 Å². The molecule has 0 aromatic heterocycles. The predicted octanol–water partition coefficient (Wildman–Crippen LogP) is 4.26. The Bertz CT molecular complexity index is 640. The van der Waals surface area contributed by atoms with Gasteiger partial charge in [-0.3, -0.25) is 0 Å². The van der Waals surface area contributed by atoms with Gasteiger partial charge in [-0.25, -0.2) is 8.78 Å². The topological polar surface area (TPSA) is 18.5 Å². The first-order valence-corrected chi connectivity index (χ1v) is 7.05. The Kier molecular flexibility index (Phi) is 3.97. The Morgan fingerprint density at radius 1 is 1.00 bits per heavy atom. The zero-order chi connectivity index (χ0) is 14.8. The van der Waals surface area contributed by atoms with E-state index in [4.69, 9.17) is 21.1 Å². The lowest BCUT2D eigenvalue weighted by atomic mass is 10.0. The fourth-order valence-electron chi connectivity index (χ4n) is 2.28. The molecule has 0 saturated heterocycles. The van der Waals surface area contributed by atoms with E-state index >= 15 is 0 Å². The molecule has 5 heteroatoms. The summed E-state index contributed by atoms with van der Waals surface area (Å²) in [6.45, 7) is 0.989. The van der Waals surface area contributed by atoms with Crippen LogP contribution in [-0.4, -0.2) is 13.2 Å². The van der Waals surface area contributed by atoms with Crippen LogP contribution >= 0.6 is 11.6 Å². The molecule has 0 spiro atoms. The van der Waals surface area contributed by atoms with E-state index in [1.54, 1.807) is 18.2 Å². The summed E-state index contributed by atoms with van der Waals surface area (Å²) in [5.74, 6) is 0.0979. The van der Waals surface area contributed by atoms with Crippen molar-refractivity contribution in [3.63, 3.8) is 0 Å². The van der Waals surface area contributed by atoms with Gasteiger partial charge in [-0.2, -0.15) is 0 Å². The van der Waals surface area contributed by atoms with E-state index in [-0.39, 0.29) is 12.0 Å². The van der Waals surface area contributed by atoms with Crippen LogP contribution in [0.1, 0.15) is 16.5 Å². The highest BCUT2D eigenvalue weighted by Crippen LogP contribution is 2.35. The van der Waals surface area contributed by atoms with Crippen LogP contribution in [0.5, 0.6) is 11.5 Å². The van der Waals surface area contributed by atoms with Gasteiger partial charge in [0.05, 0.1) is 5.38 Å². The van der Waals surface area contributed by atoms with Crippen molar-refractivity contribution in [1.29, 1.82) is 0 Å². The number of alkyl halides is 1. The van der Waals surface area contributed by atoms with E-state index < -0.39 is 17.0 Å². The first kappa shape index (κ1) is 14.1. The van der Waals surface area contributed by atoms with Crippen LogP contribution in [0.2, 0.25) is 0 Å². The van der Waals surface area contributed by atoms with E-state index in [1.807, 2.05) is 0 Å². The van der Waals surface area contributed by atoms with Gasteiger partial charge in [-0.1, -0.05) is 12.1 Å². The fourth-order valence-corrected chi connectivity index (χ4v) is 2.57. The lowest BCUT2D eigenvalue weighted by Gasteiger charge is -2.20. The van der Waals surface area contributed by atoms with E-state index in [0.29, 0.717) is 24.7 Å². The molecule has 1 aliphatic rings. The molecule has 21 heavy (non-hydrogen) atoms. The Labute approximate surface area is 126 Å². The lowest BCUT2D eigenvalue weighted by molar-refractivity contribution is 0.171. The van der Waals surface area contributed by atoms with Gasteiger partial charge in [-0.15, -0.1) is 11.6 Å². The third-order valence-electron chi connectivity index (χ3n) is 3.37. The summed E-state index contributed by atoms with van der Waals surface area (Å²) in [4.78, 5) is 0. The summed E-state index contributed by atoms with van der Waals surface area (Å²) in [5.41, 5.74) is 0.732. The van der Waals surface area contributed by atoms with E-state index in [9.17, 15) is 8.78 Å². The molecule has 2 nitrogen and oxygen atoms in total. The number of hydrogen-bond donors (Lipinski definition) is 0. The Morgan fingerprint density at radius 3 is 2.38 bits per heavy atom. The molecule has 0 bridgehead atoms. The molecule has 2 aromatic rings. The molecule has 1 unspecified atom stereocenters. The Hall–Kier alpha value is -1.81. The maximum Gasteiger partial charge on any atom is 0.161 e. The minimum atomic E-state index is -0.585. The largest absolute Gasteiger partial charge is 0.486 e. The van der Waals surface area contributed by atoms with Crippen molar-refractivity contribution in [2.45, 2.75) is 11.8 Å². The van der Waals surface area contributed by atoms with Crippen molar-refractivity contribution in [3.05, 3.63) is 59.2 Å². The molecule has 1 heterocycles. The summed E-state index contributed by atoms with van der Waals surface area (Å²) in [7, 11) is 0. The summed E-state index contributed by atoms with van der Waals surface area (Å²) < 4.78 is 38.2. The van der Waals surface area contributed by atoms with Gasteiger partial charge in [0.15, 0.2) is 11.5 Å². The van der Waals surface area contributed by atoms with Crippen molar-refractivity contribution < 1.29 is 18.3 Å². The minimum Gasteiger partial charge on any atom is -0.486 e. The number of halogens is 3. The maximum atomic E-state index is 13.7. The monoisotopic (exact) mass is 310 g/mol. The van der Waals surface area contributed by atoms with Crippen LogP contribution in [0.4, 0.5) is 8.78 Å². The van der Waals surface area contributed by atoms with Crippen LogP contribution in [0.3, 0.4) is 0 Å². The second-order valence-corrected chi connectivity index (χ2v) is 5.30. The Balaban J connectivity index is 1.84. The fraction of sp³-hybridized carbons (Fsp3) is 0.250. The van der Waals surface area contributed by atoms with E-state index in [1.165, 1.54) is 18.2 Å². The number of fused-ring (bicyclic) bond motifs is 1. The van der Waals surface area contributed by atoms with Gasteiger partial charge in [0, 0.05) is 5.56 Å². The molecule has 0 saturated carbocycles. The molecule has 0 aliphatic carbocycles. The van der Waals surface area contributed by atoms with Crippen LogP contribution in [0, 0.1) is 11.6 Å². The standard InChI is InChI=1S/C16H13ClF2O2/c17-12(9-11-13(18)2-1-3-14(11)19)10-4-5-15-16(8-10)21-7-6-20-15/h1-5,8,12H,6-7,9H2. The number of rotatable bonds is 3. The highest BCUT2D eigenvalue weighted by Gasteiger charge is 2.18. The Morgan fingerprint density at radius 2 is 1.67 bits per heavy atom. The van der Waals surface area contributed by atoms with Gasteiger partial charge < -0.3 is 9.47 Å². The van der Waals surface area contributed by atoms with Crippen LogP contribution in [-0.2, 0) is 6.42 Å². The van der Waals surface area contributed by atoms with Crippen molar-refractivity contribution in [2.24, 2.45) is 0 Å². The van der Waals surface area contributed by atoms with E-state index in [2.05, 4.69) is 0 Å². The first-order chi connectivity index (χ1) is 10.1. The highest BCUT2D eigenvalue weighted by molar-refractivity contribution is 6.21. The zero-order valence-corrected chi connectivity index (χ0v) is 11.9. The van der Waals surface area contributed by atoms with Crippen LogP contribution in [0.15, 0.2) is 36.4 Å². The molecule has 0 amide bonds. The second-order valence-electron chi connectivity index (χ2n) is 4.77. The molecule has 0 radical (unpaired) electrons. The molecular weight excluding hydrogens is 298 g/mol. The normalized spacial score (nSPS) is 14.8. The van der Waals surface area contributed by atoms with Gasteiger partial charge >= 0.3 is 0 Å². The maximum absolute atomic E-state index is 13.7. The summed E-state index contributed by atoms with van der Waals surface area (Å²) in [5, 5.41) is -0.549. The smallest absolute Gasteiger partial charge is 0.161 e. The van der Waals surface area contributed by atoms with Gasteiger partial charge in [-0.05, 0) is 36.2 Å². The number of ether oxygens (including phenoxy) is 2. The van der Waals surface area contributed by atoms with Crippen molar-refractivity contribution in [1.82, 2.24) is 0 Å². The van der Waals surface area contributed by atoms with Crippen LogP contribution < -0.4 is 9.47 Å². The number of benzene rings is 2. The molecule has 1 atom stereocenters. The quantitative estimate of drug-likeness (QED) is 0.789. The predicted molar refractivity (Wildman–Crippen MR) is 76.1 cm³/mol. The third-order valence-corrected chi connectivity index (χ3v) is 3.78. The van der Waals surface area contributed by atoms with Gasteiger partial charge in [0.1, 0.15) is 24.8 Å². The molecule has 0 N–H and O–H groups in total. The lowest BCUT2D eigenvalue weighted by Crippen LogP contribution is -2.15. The molecular formula is C16H13ClF2O2. The zero-order valence-electron chi connectivity index (χ0n) is 11.1. The van der Waals surface area contributed by atoms with Crippen molar-refractivity contribution in [3.8, 4) is 11.5 Å².